The minimum Gasteiger partial charge on any atom is -0.363 e. The van der Waals surface area contributed by atoms with Gasteiger partial charge in [-0.15, -0.1) is 0 Å². The molecule has 1 saturated heterocycles. The zero-order valence-corrected chi connectivity index (χ0v) is 12.8. The quantitative estimate of drug-likeness (QED) is 0.674. The summed E-state index contributed by atoms with van der Waals surface area (Å²) in [5.41, 5.74) is 5.95. The van der Waals surface area contributed by atoms with Gasteiger partial charge in [0.05, 0.1) is 9.40 Å². The molecule has 0 radical (unpaired) electrons. The summed E-state index contributed by atoms with van der Waals surface area (Å²) in [6.45, 7) is 3.16. The van der Waals surface area contributed by atoms with Gasteiger partial charge in [-0.25, -0.2) is 4.39 Å². The Morgan fingerprint density at radius 3 is 2.85 bits per heavy atom. The fraction of sp³-hybridized carbons (Fsp3) is 0.538. The first kappa shape index (κ1) is 15.2. The second kappa shape index (κ2) is 6.05. The van der Waals surface area contributed by atoms with Gasteiger partial charge in [-0.3, -0.25) is 10.1 Å². The highest BCUT2D eigenvalue weighted by atomic mass is 79.9. The van der Waals surface area contributed by atoms with E-state index in [-0.39, 0.29) is 22.1 Å². The van der Waals surface area contributed by atoms with Crippen molar-refractivity contribution < 1.29 is 9.31 Å². The predicted molar refractivity (Wildman–Crippen MR) is 79.3 cm³/mol. The van der Waals surface area contributed by atoms with Crippen molar-refractivity contribution in [2.24, 2.45) is 11.7 Å². The third-order valence-corrected chi connectivity index (χ3v) is 4.44. The van der Waals surface area contributed by atoms with Crippen LogP contribution < -0.4 is 10.6 Å². The maximum Gasteiger partial charge on any atom is 0.293 e. The number of nitrogens with two attached hydrogens (primary N) is 1. The Kier molecular flexibility index (Phi) is 4.59. The molecular formula is C13H17BrFN3O2. The molecule has 1 aromatic carbocycles. The summed E-state index contributed by atoms with van der Waals surface area (Å²) in [7, 11) is 0. The molecule has 2 atom stereocenters. The van der Waals surface area contributed by atoms with Crippen LogP contribution in [-0.2, 0) is 0 Å². The van der Waals surface area contributed by atoms with Crippen LogP contribution in [-0.4, -0.2) is 24.1 Å². The van der Waals surface area contributed by atoms with E-state index in [1.54, 1.807) is 0 Å². The molecule has 2 unspecified atom stereocenters. The molecule has 110 valence electrons. The zero-order chi connectivity index (χ0) is 14.9. The third kappa shape index (κ3) is 2.93. The number of anilines is 1. The summed E-state index contributed by atoms with van der Waals surface area (Å²) in [5.74, 6) is -0.204. The molecular weight excluding hydrogens is 329 g/mol. The Labute approximate surface area is 125 Å². The monoisotopic (exact) mass is 345 g/mol. The van der Waals surface area contributed by atoms with Crippen molar-refractivity contribution in [2.45, 2.75) is 25.8 Å². The molecule has 0 aromatic heterocycles. The zero-order valence-electron chi connectivity index (χ0n) is 11.2. The van der Waals surface area contributed by atoms with Crippen molar-refractivity contribution in [3.8, 4) is 0 Å². The second-order valence-electron chi connectivity index (χ2n) is 5.19. The van der Waals surface area contributed by atoms with E-state index in [9.17, 15) is 14.5 Å². The lowest BCUT2D eigenvalue weighted by atomic mass is 9.93. The molecule has 1 aliphatic heterocycles. The maximum absolute atomic E-state index is 13.8. The largest absolute Gasteiger partial charge is 0.363 e. The van der Waals surface area contributed by atoms with E-state index >= 15 is 0 Å². The summed E-state index contributed by atoms with van der Waals surface area (Å²) in [6.07, 6.45) is 1.90. The number of hydrogen-bond acceptors (Lipinski definition) is 4. The van der Waals surface area contributed by atoms with Crippen molar-refractivity contribution in [1.29, 1.82) is 0 Å². The number of benzene rings is 1. The molecule has 0 amide bonds. The summed E-state index contributed by atoms with van der Waals surface area (Å²) in [5, 5.41) is 11.2. The topological polar surface area (TPSA) is 72.4 Å². The van der Waals surface area contributed by atoms with Gasteiger partial charge in [-0.2, -0.15) is 0 Å². The molecule has 2 rings (SSSR count). The summed E-state index contributed by atoms with van der Waals surface area (Å²) >= 11 is 3.00. The van der Waals surface area contributed by atoms with E-state index in [4.69, 9.17) is 5.73 Å². The average molecular weight is 346 g/mol. The van der Waals surface area contributed by atoms with Gasteiger partial charge in [0, 0.05) is 24.7 Å². The van der Waals surface area contributed by atoms with Gasteiger partial charge in [0.15, 0.2) is 0 Å². The number of nitrogens with zero attached hydrogens (tertiary/aromatic N) is 2. The Balaban J connectivity index is 2.44. The van der Waals surface area contributed by atoms with Crippen LogP contribution in [0.5, 0.6) is 0 Å². The SMILES string of the molecule is CC1CCC(CN)CN1c1cc(F)c(Br)cc1[N+](=O)[O-]. The normalized spacial score (nSPS) is 22.9. The van der Waals surface area contributed by atoms with E-state index in [0.717, 1.165) is 12.8 Å². The lowest BCUT2D eigenvalue weighted by Crippen LogP contribution is -2.44. The van der Waals surface area contributed by atoms with Crippen LogP contribution in [0.3, 0.4) is 0 Å². The molecule has 2 N–H and O–H groups in total. The second-order valence-corrected chi connectivity index (χ2v) is 6.05. The van der Waals surface area contributed by atoms with Crippen LogP contribution >= 0.6 is 15.9 Å². The van der Waals surface area contributed by atoms with Crippen LogP contribution in [0.4, 0.5) is 15.8 Å². The number of halogens is 2. The average Bonchev–Trinajstić information content (AvgIpc) is 2.42. The molecule has 0 bridgehead atoms. The molecule has 0 spiro atoms. The van der Waals surface area contributed by atoms with Crippen LogP contribution in [0.25, 0.3) is 0 Å². The smallest absolute Gasteiger partial charge is 0.293 e. The molecule has 1 aliphatic rings. The van der Waals surface area contributed by atoms with Crippen LogP contribution in [0.15, 0.2) is 16.6 Å². The van der Waals surface area contributed by atoms with Crippen molar-refractivity contribution in [2.75, 3.05) is 18.0 Å². The van der Waals surface area contributed by atoms with E-state index in [0.29, 0.717) is 18.8 Å². The Morgan fingerprint density at radius 2 is 2.25 bits per heavy atom. The number of piperidine rings is 1. The summed E-state index contributed by atoms with van der Waals surface area (Å²) < 4.78 is 13.9. The summed E-state index contributed by atoms with van der Waals surface area (Å²) in [6, 6.07) is 2.60. The fourth-order valence-corrected chi connectivity index (χ4v) is 2.94. The van der Waals surface area contributed by atoms with Crippen LogP contribution in [0.2, 0.25) is 0 Å². The highest BCUT2D eigenvalue weighted by Crippen LogP contribution is 2.37. The standard InChI is InChI=1S/C13H17BrFN3O2/c1-8-2-3-9(6-16)7-17(8)12-5-11(15)10(14)4-13(12)18(19)20/h4-5,8-9H,2-3,6-7,16H2,1H3. The number of hydrogen-bond donors (Lipinski definition) is 1. The predicted octanol–water partition coefficient (Wildman–Crippen LogP) is 3.06. The van der Waals surface area contributed by atoms with Crippen molar-refractivity contribution in [1.82, 2.24) is 0 Å². The van der Waals surface area contributed by atoms with Crippen molar-refractivity contribution >= 4 is 27.3 Å². The fourth-order valence-electron chi connectivity index (χ4n) is 2.61. The number of nitro benzene ring substituents is 1. The first-order valence-electron chi connectivity index (χ1n) is 6.54. The van der Waals surface area contributed by atoms with Gasteiger partial charge < -0.3 is 10.6 Å². The van der Waals surface area contributed by atoms with Gasteiger partial charge in [-0.1, -0.05) is 0 Å². The van der Waals surface area contributed by atoms with E-state index < -0.39 is 10.7 Å². The van der Waals surface area contributed by atoms with Gasteiger partial charge >= 0.3 is 0 Å². The molecule has 1 aromatic rings. The molecule has 7 heteroatoms. The first-order chi connectivity index (χ1) is 9.43. The number of rotatable bonds is 3. The lowest BCUT2D eigenvalue weighted by Gasteiger charge is -2.39. The van der Waals surface area contributed by atoms with Gasteiger partial charge in [0.1, 0.15) is 11.5 Å². The molecule has 0 aliphatic carbocycles. The molecule has 20 heavy (non-hydrogen) atoms. The Bertz CT molecular complexity index is 527. The van der Waals surface area contributed by atoms with E-state index in [2.05, 4.69) is 15.9 Å². The Hall–Kier alpha value is -1.21. The van der Waals surface area contributed by atoms with Crippen LogP contribution in [0.1, 0.15) is 19.8 Å². The third-order valence-electron chi connectivity index (χ3n) is 3.84. The molecule has 5 nitrogen and oxygen atoms in total. The summed E-state index contributed by atoms with van der Waals surface area (Å²) in [4.78, 5) is 12.6. The maximum atomic E-state index is 13.8. The van der Waals surface area contributed by atoms with Gasteiger partial charge in [0.2, 0.25) is 0 Å². The Morgan fingerprint density at radius 1 is 1.55 bits per heavy atom. The van der Waals surface area contributed by atoms with Gasteiger partial charge in [0.25, 0.3) is 5.69 Å². The highest BCUT2D eigenvalue weighted by Gasteiger charge is 2.30. The minimum atomic E-state index is -0.493. The number of nitro groups is 1. The van der Waals surface area contributed by atoms with E-state index in [1.807, 2.05) is 11.8 Å². The van der Waals surface area contributed by atoms with Gasteiger partial charge in [-0.05, 0) is 48.2 Å². The molecule has 0 saturated carbocycles. The van der Waals surface area contributed by atoms with E-state index in [1.165, 1.54) is 12.1 Å². The highest BCUT2D eigenvalue weighted by molar-refractivity contribution is 9.10. The minimum absolute atomic E-state index is 0.0807. The molecule has 1 fully saturated rings. The first-order valence-corrected chi connectivity index (χ1v) is 7.33. The lowest BCUT2D eigenvalue weighted by molar-refractivity contribution is -0.384. The van der Waals surface area contributed by atoms with Crippen LogP contribution in [0, 0.1) is 21.8 Å². The van der Waals surface area contributed by atoms with Crippen molar-refractivity contribution in [3.63, 3.8) is 0 Å². The van der Waals surface area contributed by atoms with Crippen molar-refractivity contribution in [3.05, 3.63) is 32.5 Å². The molecule has 1 heterocycles.